The molecule has 9 nitrogen and oxygen atoms in total. The van der Waals surface area contributed by atoms with Crippen molar-refractivity contribution < 1.29 is 13.9 Å². The number of anilines is 1. The molecule has 0 N–H and O–H groups in total. The third-order valence-electron chi connectivity index (χ3n) is 6.42. The minimum atomic E-state index is -0.177. The number of carbonyl (C=O) groups is 1. The molecule has 37 heavy (non-hydrogen) atoms. The van der Waals surface area contributed by atoms with Crippen molar-refractivity contribution >= 4 is 11.6 Å². The van der Waals surface area contributed by atoms with E-state index >= 15 is 0 Å². The van der Waals surface area contributed by atoms with Crippen molar-refractivity contribution in [2.75, 3.05) is 18.6 Å². The van der Waals surface area contributed by atoms with Crippen molar-refractivity contribution in [1.29, 1.82) is 0 Å². The predicted octanol–water partition coefficient (Wildman–Crippen LogP) is 4.20. The van der Waals surface area contributed by atoms with Crippen LogP contribution in [0.2, 0.25) is 0 Å². The van der Waals surface area contributed by atoms with Crippen molar-refractivity contribution in [3.05, 3.63) is 106 Å². The number of hydrogen-bond donors (Lipinski definition) is 0. The molecule has 0 fully saturated rings. The maximum absolute atomic E-state index is 13.9. The van der Waals surface area contributed by atoms with Crippen LogP contribution in [-0.2, 0) is 6.42 Å². The number of fused-ring (bicyclic) bond motifs is 1. The second-order valence-electron chi connectivity index (χ2n) is 8.71. The Hall–Kier alpha value is -4.92. The number of rotatable bonds is 5. The molecule has 1 aliphatic heterocycles. The number of hydrogen-bond acceptors (Lipinski definition) is 6. The summed E-state index contributed by atoms with van der Waals surface area (Å²) in [5, 5.41) is 4.78. The summed E-state index contributed by atoms with van der Waals surface area (Å²) in [5.74, 6) is 0.919. The lowest BCUT2D eigenvalue weighted by molar-refractivity contribution is 0.0973. The molecule has 6 rings (SSSR count). The second-order valence-corrected chi connectivity index (χ2v) is 8.71. The van der Waals surface area contributed by atoms with Crippen LogP contribution in [0.5, 0.6) is 5.75 Å². The van der Waals surface area contributed by atoms with Crippen molar-refractivity contribution in [3.8, 4) is 28.7 Å². The Kier molecular flexibility index (Phi) is 5.45. The average molecular weight is 494 g/mol. The topological polar surface area (TPSA) is 95.4 Å². The average Bonchev–Trinajstić information content (AvgIpc) is 3.53. The first kappa shape index (κ1) is 22.5. The highest BCUT2D eigenvalue weighted by atomic mass is 16.5. The minimum Gasteiger partial charge on any atom is -0.497 e. The zero-order valence-electron chi connectivity index (χ0n) is 20.3. The molecular formula is C28H23N5O4. The Morgan fingerprint density at radius 3 is 2.32 bits per heavy atom. The van der Waals surface area contributed by atoms with Crippen molar-refractivity contribution in [2.45, 2.75) is 13.3 Å². The number of aromatic nitrogens is 4. The fraction of sp³-hybridized carbons (Fsp3) is 0.143. The number of methoxy groups -OCH3 is 1. The van der Waals surface area contributed by atoms with Crippen LogP contribution in [-0.4, -0.2) is 38.9 Å². The quantitative estimate of drug-likeness (QED) is 0.364. The van der Waals surface area contributed by atoms with E-state index in [-0.39, 0.29) is 11.5 Å². The molecule has 0 unspecified atom stereocenters. The largest absolute Gasteiger partial charge is 0.497 e. The molecule has 3 aromatic heterocycles. The molecule has 184 valence electrons. The molecule has 9 heteroatoms. The molecule has 1 amide bonds. The molecule has 0 aliphatic carbocycles. The van der Waals surface area contributed by atoms with Gasteiger partial charge in [0.15, 0.2) is 5.69 Å². The Morgan fingerprint density at radius 2 is 1.65 bits per heavy atom. The molecule has 2 aromatic carbocycles. The summed E-state index contributed by atoms with van der Waals surface area (Å²) in [6.45, 7) is 2.32. The van der Waals surface area contributed by atoms with Gasteiger partial charge in [-0.25, -0.2) is 9.67 Å². The summed E-state index contributed by atoms with van der Waals surface area (Å²) in [7, 11) is 1.61. The maximum Gasteiger partial charge on any atom is 0.277 e. The van der Waals surface area contributed by atoms with Crippen molar-refractivity contribution in [1.82, 2.24) is 19.3 Å². The summed E-state index contributed by atoms with van der Waals surface area (Å²) in [4.78, 5) is 32.3. The molecular weight excluding hydrogens is 470 g/mol. The summed E-state index contributed by atoms with van der Waals surface area (Å²) >= 11 is 0. The van der Waals surface area contributed by atoms with E-state index < -0.39 is 0 Å². The van der Waals surface area contributed by atoms with Gasteiger partial charge in [0.1, 0.15) is 17.7 Å². The van der Waals surface area contributed by atoms with E-state index in [0.29, 0.717) is 36.0 Å². The van der Waals surface area contributed by atoms with Crippen LogP contribution in [0.15, 0.2) is 88.4 Å². The van der Waals surface area contributed by atoms with E-state index in [1.165, 1.54) is 6.07 Å². The highest BCUT2D eigenvalue weighted by Crippen LogP contribution is 2.33. The number of nitrogens with zero attached hydrogens (tertiary/aromatic N) is 5. The zero-order valence-corrected chi connectivity index (χ0v) is 20.3. The Balaban J connectivity index is 1.41. The Bertz CT molecular complexity index is 1660. The van der Waals surface area contributed by atoms with E-state index in [1.54, 1.807) is 45.9 Å². The molecule has 0 atom stereocenters. The number of pyridine rings is 1. The first-order valence-electron chi connectivity index (χ1n) is 11.8. The van der Waals surface area contributed by atoms with Crippen LogP contribution in [0.25, 0.3) is 23.0 Å². The van der Waals surface area contributed by atoms with Crippen LogP contribution >= 0.6 is 0 Å². The van der Waals surface area contributed by atoms with Crippen molar-refractivity contribution in [3.63, 3.8) is 0 Å². The van der Waals surface area contributed by atoms with Gasteiger partial charge in [0, 0.05) is 35.7 Å². The van der Waals surface area contributed by atoms with E-state index in [2.05, 4.69) is 4.98 Å². The lowest BCUT2D eigenvalue weighted by atomic mass is 10.0. The molecule has 0 saturated carbocycles. The molecule has 5 aromatic rings. The van der Waals surface area contributed by atoms with Gasteiger partial charge in [-0.05, 0) is 67.9 Å². The van der Waals surface area contributed by atoms with E-state index in [1.807, 2.05) is 55.5 Å². The highest BCUT2D eigenvalue weighted by molar-refractivity contribution is 6.08. The van der Waals surface area contributed by atoms with Crippen LogP contribution < -0.4 is 15.2 Å². The Morgan fingerprint density at radius 1 is 0.919 bits per heavy atom. The smallest absolute Gasteiger partial charge is 0.277 e. The van der Waals surface area contributed by atoms with Gasteiger partial charge in [-0.3, -0.25) is 14.2 Å². The number of ether oxygens (including phenoxy) is 1. The third-order valence-corrected chi connectivity index (χ3v) is 6.42. The molecule has 0 spiro atoms. The van der Waals surface area contributed by atoms with E-state index in [9.17, 15) is 9.59 Å². The van der Waals surface area contributed by atoms with Gasteiger partial charge in [-0.15, -0.1) is 0 Å². The number of oxazole rings is 1. The standard InChI is InChI=1S/C28H23N5O4/c1-18-17-37-27(29-18)25-23-14-16-32(20-8-6-19(7-9-20)31-15-4-3-5-24(31)34)28(35)26(23)33(30-25)21-10-12-22(36-2)13-11-21/h3-13,15,17H,14,16H2,1-2H3. The maximum atomic E-state index is 13.9. The lowest BCUT2D eigenvalue weighted by Crippen LogP contribution is -2.38. The number of amides is 1. The van der Waals surface area contributed by atoms with Crippen molar-refractivity contribution in [2.24, 2.45) is 0 Å². The predicted molar refractivity (Wildman–Crippen MR) is 138 cm³/mol. The number of aryl methyl sites for hydroxylation is 1. The molecule has 0 saturated heterocycles. The molecule has 0 bridgehead atoms. The number of benzene rings is 2. The summed E-state index contributed by atoms with van der Waals surface area (Å²) in [5.41, 5.74) is 4.63. The summed E-state index contributed by atoms with van der Waals surface area (Å²) in [6, 6.07) is 19.8. The minimum absolute atomic E-state index is 0.119. The van der Waals surface area contributed by atoms with Crippen LogP contribution in [0.4, 0.5) is 5.69 Å². The van der Waals surface area contributed by atoms with Crippen LogP contribution in [0.1, 0.15) is 21.7 Å². The summed E-state index contributed by atoms with van der Waals surface area (Å²) < 4.78 is 14.2. The van der Waals surface area contributed by atoms with E-state index in [4.69, 9.17) is 14.3 Å². The van der Waals surface area contributed by atoms with Gasteiger partial charge in [-0.2, -0.15) is 5.10 Å². The van der Waals surface area contributed by atoms with Gasteiger partial charge < -0.3 is 14.1 Å². The molecule has 1 aliphatic rings. The van der Waals surface area contributed by atoms with Gasteiger partial charge in [0.2, 0.25) is 5.89 Å². The first-order chi connectivity index (χ1) is 18.0. The van der Waals surface area contributed by atoms with Crippen LogP contribution in [0.3, 0.4) is 0 Å². The fourth-order valence-corrected chi connectivity index (χ4v) is 4.58. The van der Waals surface area contributed by atoms with E-state index in [0.717, 1.165) is 28.3 Å². The van der Waals surface area contributed by atoms with Gasteiger partial charge >= 0.3 is 0 Å². The molecule has 4 heterocycles. The summed E-state index contributed by atoms with van der Waals surface area (Å²) in [6.07, 6.45) is 3.87. The highest BCUT2D eigenvalue weighted by Gasteiger charge is 2.34. The van der Waals surface area contributed by atoms with Gasteiger partial charge in [0.25, 0.3) is 11.5 Å². The first-order valence-corrected chi connectivity index (χ1v) is 11.8. The monoisotopic (exact) mass is 493 g/mol. The number of carbonyl (C=O) groups excluding carboxylic acids is 1. The van der Waals surface area contributed by atoms with Gasteiger partial charge in [-0.1, -0.05) is 6.07 Å². The van der Waals surface area contributed by atoms with Crippen LogP contribution in [0, 0.1) is 6.92 Å². The lowest BCUT2D eigenvalue weighted by Gasteiger charge is -2.28. The molecule has 0 radical (unpaired) electrons. The second kappa shape index (κ2) is 8.94. The normalized spacial score (nSPS) is 13.0. The zero-order chi connectivity index (χ0) is 25.5. The Labute approximate surface area is 212 Å². The third kappa shape index (κ3) is 3.90. The fourth-order valence-electron chi connectivity index (χ4n) is 4.58. The SMILES string of the molecule is COc1ccc(-n2nc(-c3nc(C)co3)c3c2C(=O)N(c2ccc(-n4ccccc4=O)cc2)CC3)cc1. The van der Waals surface area contributed by atoms with Gasteiger partial charge in [0.05, 0.1) is 18.5 Å².